The van der Waals surface area contributed by atoms with Crippen LogP contribution in [0.5, 0.6) is 5.75 Å². The van der Waals surface area contributed by atoms with Crippen molar-refractivity contribution in [3.05, 3.63) is 117 Å². The molecule has 1 N–H and O–H groups in total. The number of ketones is 1. The minimum atomic E-state index is -0.868. The molecule has 3 aromatic carbocycles. The molecule has 1 atom stereocenters. The second-order valence-corrected chi connectivity index (χ2v) is 9.65. The first-order valence-electron chi connectivity index (χ1n) is 11.2. The molecule has 0 unspecified atom stereocenters. The molecular formula is C28H21ClN2O4S. The van der Waals surface area contributed by atoms with Gasteiger partial charge in [0.1, 0.15) is 18.1 Å². The molecule has 0 aliphatic carbocycles. The predicted molar refractivity (Wildman–Crippen MR) is 140 cm³/mol. The van der Waals surface area contributed by atoms with Gasteiger partial charge in [0, 0.05) is 22.2 Å². The normalized spacial score (nSPS) is 16.9. The molecule has 1 fully saturated rings. The Hall–Kier alpha value is -3.94. The van der Waals surface area contributed by atoms with Crippen molar-refractivity contribution in [2.24, 2.45) is 0 Å². The molecule has 1 aliphatic rings. The lowest BCUT2D eigenvalue weighted by Gasteiger charge is -2.23. The van der Waals surface area contributed by atoms with Crippen LogP contribution in [0.4, 0.5) is 5.13 Å². The Labute approximate surface area is 217 Å². The highest BCUT2D eigenvalue weighted by atomic mass is 35.5. The highest BCUT2D eigenvalue weighted by molar-refractivity contribution is 7.14. The number of halogens is 1. The second kappa shape index (κ2) is 9.97. The van der Waals surface area contributed by atoms with Crippen LogP contribution in [0.15, 0.2) is 89.9 Å². The fourth-order valence-electron chi connectivity index (χ4n) is 4.19. The highest BCUT2D eigenvalue weighted by Gasteiger charge is 2.48. The summed E-state index contributed by atoms with van der Waals surface area (Å²) in [4.78, 5) is 31.8. The molecule has 180 valence electrons. The zero-order valence-electron chi connectivity index (χ0n) is 19.2. The van der Waals surface area contributed by atoms with Crippen LogP contribution in [0.2, 0.25) is 5.02 Å². The maximum Gasteiger partial charge on any atom is 0.301 e. The van der Waals surface area contributed by atoms with Crippen molar-refractivity contribution < 1.29 is 19.4 Å². The molecule has 0 spiro atoms. The molecule has 36 heavy (non-hydrogen) atoms. The number of carbonyl (C=O) groups is 2. The molecule has 1 amide bonds. The topological polar surface area (TPSA) is 79.7 Å². The van der Waals surface area contributed by atoms with Gasteiger partial charge in [-0.3, -0.25) is 14.5 Å². The highest BCUT2D eigenvalue weighted by Crippen LogP contribution is 2.43. The van der Waals surface area contributed by atoms with Gasteiger partial charge in [-0.1, -0.05) is 53.6 Å². The monoisotopic (exact) mass is 516 g/mol. The average Bonchev–Trinajstić information content (AvgIpc) is 3.49. The number of aliphatic hydroxyl groups is 1. The van der Waals surface area contributed by atoms with E-state index in [1.807, 2.05) is 25.1 Å². The van der Waals surface area contributed by atoms with Gasteiger partial charge in [0.25, 0.3) is 5.78 Å². The Morgan fingerprint density at radius 1 is 1.08 bits per heavy atom. The fraction of sp³-hybridized carbons (Fsp3) is 0.107. The summed E-state index contributed by atoms with van der Waals surface area (Å²) in [5, 5.41) is 13.8. The first-order chi connectivity index (χ1) is 17.4. The van der Waals surface area contributed by atoms with Gasteiger partial charge in [-0.15, -0.1) is 11.3 Å². The van der Waals surface area contributed by atoms with Crippen LogP contribution >= 0.6 is 22.9 Å². The lowest BCUT2D eigenvalue weighted by Crippen LogP contribution is -2.29. The second-order valence-electron chi connectivity index (χ2n) is 8.34. The van der Waals surface area contributed by atoms with Crippen LogP contribution < -0.4 is 9.64 Å². The van der Waals surface area contributed by atoms with E-state index in [9.17, 15) is 14.7 Å². The third kappa shape index (κ3) is 4.63. The number of anilines is 1. The van der Waals surface area contributed by atoms with Crippen molar-refractivity contribution in [3.8, 4) is 5.75 Å². The van der Waals surface area contributed by atoms with Crippen LogP contribution in [-0.2, 0) is 16.2 Å². The van der Waals surface area contributed by atoms with E-state index in [2.05, 4.69) is 11.1 Å². The van der Waals surface area contributed by atoms with E-state index in [4.69, 9.17) is 16.3 Å². The summed E-state index contributed by atoms with van der Waals surface area (Å²) in [6.45, 7) is 2.43. The van der Waals surface area contributed by atoms with E-state index >= 15 is 0 Å². The first-order valence-corrected chi connectivity index (χ1v) is 12.4. The number of carbonyl (C=O) groups excluding carboxylic acids is 2. The summed E-state index contributed by atoms with van der Waals surface area (Å²) in [5.74, 6) is -1.20. The van der Waals surface area contributed by atoms with Crippen LogP contribution in [-0.4, -0.2) is 21.8 Å². The number of thiazole rings is 1. The molecule has 4 aromatic rings. The number of aromatic nitrogens is 1. The molecule has 1 aromatic heterocycles. The summed E-state index contributed by atoms with van der Waals surface area (Å²) in [6.07, 6.45) is 1.56. The Bertz CT molecular complexity index is 1470. The van der Waals surface area contributed by atoms with Gasteiger partial charge in [-0.25, -0.2) is 4.98 Å². The average molecular weight is 517 g/mol. The molecule has 2 heterocycles. The summed E-state index contributed by atoms with van der Waals surface area (Å²) in [5.41, 5.74) is 3.16. The molecule has 0 saturated carbocycles. The van der Waals surface area contributed by atoms with Crippen molar-refractivity contribution in [2.75, 3.05) is 4.90 Å². The van der Waals surface area contributed by atoms with E-state index in [-0.39, 0.29) is 11.3 Å². The summed E-state index contributed by atoms with van der Waals surface area (Å²) in [7, 11) is 0. The van der Waals surface area contributed by atoms with Crippen molar-refractivity contribution in [2.45, 2.75) is 19.6 Å². The maximum absolute atomic E-state index is 13.2. The largest absolute Gasteiger partial charge is 0.507 e. The van der Waals surface area contributed by atoms with E-state index < -0.39 is 17.7 Å². The number of ether oxygens (including phenoxy) is 1. The fourth-order valence-corrected chi connectivity index (χ4v) is 5.06. The minimum Gasteiger partial charge on any atom is -0.507 e. The Morgan fingerprint density at radius 3 is 2.56 bits per heavy atom. The molecule has 0 bridgehead atoms. The third-order valence-electron chi connectivity index (χ3n) is 5.85. The van der Waals surface area contributed by atoms with Crippen molar-refractivity contribution in [3.63, 3.8) is 0 Å². The quantitative estimate of drug-likeness (QED) is 0.184. The number of hydrogen-bond donors (Lipinski definition) is 1. The predicted octanol–water partition coefficient (Wildman–Crippen LogP) is 6.31. The number of aryl methyl sites for hydroxylation is 1. The smallest absolute Gasteiger partial charge is 0.301 e. The molecule has 6 nitrogen and oxygen atoms in total. The number of rotatable bonds is 6. The molecule has 1 aliphatic heterocycles. The van der Waals surface area contributed by atoms with Crippen molar-refractivity contribution in [1.82, 2.24) is 4.98 Å². The van der Waals surface area contributed by atoms with E-state index in [0.717, 1.165) is 11.1 Å². The van der Waals surface area contributed by atoms with E-state index in [1.54, 1.807) is 60.1 Å². The van der Waals surface area contributed by atoms with Crippen LogP contribution in [0.1, 0.15) is 28.3 Å². The zero-order chi connectivity index (χ0) is 25.2. The summed E-state index contributed by atoms with van der Waals surface area (Å²) >= 11 is 7.45. The Kier molecular flexibility index (Phi) is 6.59. The van der Waals surface area contributed by atoms with Gasteiger partial charge < -0.3 is 9.84 Å². The van der Waals surface area contributed by atoms with Crippen LogP contribution in [0.25, 0.3) is 5.76 Å². The van der Waals surface area contributed by atoms with Gasteiger partial charge in [0.15, 0.2) is 5.13 Å². The van der Waals surface area contributed by atoms with Crippen molar-refractivity contribution in [1.29, 1.82) is 0 Å². The van der Waals surface area contributed by atoms with Crippen LogP contribution in [0.3, 0.4) is 0 Å². The molecule has 5 rings (SSSR count). The van der Waals surface area contributed by atoms with Gasteiger partial charge in [0.05, 0.1) is 11.6 Å². The standard InChI is InChI=1S/C28H21ClN2O4S/c1-17-4-2-5-18(14-17)16-35-22-10-8-19(9-11-22)25(32)23-24(20-6-3-7-21(29)15-20)31(27(34)26(23)33)28-30-12-13-36-28/h2-15,24,32H,16H2,1H3/b25-23+/t24-/m0/s1. The van der Waals surface area contributed by atoms with Gasteiger partial charge >= 0.3 is 5.91 Å². The van der Waals surface area contributed by atoms with Gasteiger partial charge in [-0.2, -0.15) is 0 Å². The number of amides is 1. The number of Topliss-reactive ketones (excluding diaryl/α,β-unsaturated/α-hetero) is 1. The third-order valence-corrected chi connectivity index (χ3v) is 6.86. The number of hydrogen-bond acceptors (Lipinski definition) is 6. The van der Waals surface area contributed by atoms with E-state index in [0.29, 0.717) is 33.6 Å². The lowest BCUT2D eigenvalue weighted by molar-refractivity contribution is -0.132. The first kappa shape index (κ1) is 23.8. The van der Waals surface area contributed by atoms with E-state index in [1.165, 1.54) is 16.2 Å². The van der Waals surface area contributed by atoms with Gasteiger partial charge in [0.2, 0.25) is 0 Å². The molecule has 1 saturated heterocycles. The number of nitrogens with zero attached hydrogens (tertiary/aromatic N) is 2. The maximum atomic E-state index is 13.2. The van der Waals surface area contributed by atoms with Gasteiger partial charge in [-0.05, 0) is 54.4 Å². The molecule has 0 radical (unpaired) electrons. The van der Waals surface area contributed by atoms with Crippen molar-refractivity contribution >= 4 is 45.5 Å². The SMILES string of the molecule is Cc1cccc(COc2ccc(/C(O)=C3\C(=O)C(=O)N(c4nccs4)[C@H]3c3cccc(Cl)c3)cc2)c1. The zero-order valence-corrected chi connectivity index (χ0v) is 20.8. The number of aliphatic hydroxyl groups excluding tert-OH is 1. The van der Waals surface area contributed by atoms with Crippen LogP contribution in [0, 0.1) is 6.92 Å². The summed E-state index contributed by atoms with van der Waals surface area (Å²) in [6, 6.07) is 20.8. The molecule has 8 heteroatoms. The Balaban J connectivity index is 1.49. The minimum absolute atomic E-state index is 0.0223. The molecular weight excluding hydrogens is 496 g/mol. The lowest BCUT2D eigenvalue weighted by atomic mass is 9.95. The summed E-state index contributed by atoms with van der Waals surface area (Å²) < 4.78 is 5.87. The Morgan fingerprint density at radius 2 is 1.86 bits per heavy atom. The number of benzene rings is 3.